The second-order valence-corrected chi connectivity index (χ2v) is 5.90. The molecule has 1 aromatic carbocycles. The topological polar surface area (TPSA) is 86.7 Å². The third-order valence-corrected chi connectivity index (χ3v) is 4.30. The maximum absolute atomic E-state index is 11.4. The van der Waals surface area contributed by atoms with Gasteiger partial charge in [-0.1, -0.05) is 30.3 Å². The molecule has 2 rings (SSSR count). The Bertz CT molecular complexity index is 519. The van der Waals surface area contributed by atoms with Crippen LogP contribution < -0.4 is 5.32 Å². The van der Waals surface area contributed by atoms with Gasteiger partial charge in [0.15, 0.2) is 0 Å². The van der Waals surface area contributed by atoms with E-state index in [1.807, 2.05) is 30.3 Å². The normalized spacial score (nSPS) is 15.9. The lowest BCUT2D eigenvalue weighted by Crippen LogP contribution is -2.33. The first-order valence-electron chi connectivity index (χ1n) is 6.54. The Balaban J connectivity index is 1.85. The predicted molar refractivity (Wildman–Crippen MR) is 79.1 cm³/mol. The zero-order chi connectivity index (χ0) is 15.2. The average Bonchev–Trinajstić information content (AvgIpc) is 2.78. The number of benzene rings is 1. The van der Waals surface area contributed by atoms with E-state index in [4.69, 9.17) is 0 Å². The highest BCUT2D eigenvalue weighted by molar-refractivity contribution is 8.00. The van der Waals surface area contributed by atoms with Crippen molar-refractivity contribution in [2.24, 2.45) is 0 Å². The third-order valence-electron chi connectivity index (χ3n) is 3.11. The van der Waals surface area contributed by atoms with Crippen molar-refractivity contribution in [3.05, 3.63) is 35.9 Å². The van der Waals surface area contributed by atoms with Crippen molar-refractivity contribution >= 4 is 29.7 Å². The van der Waals surface area contributed by atoms with Crippen LogP contribution in [0.4, 0.5) is 4.79 Å². The number of imide groups is 1. The number of urea groups is 1. The van der Waals surface area contributed by atoms with E-state index < -0.39 is 17.3 Å². The Kier molecular flexibility index (Phi) is 5.21. The number of aliphatic carboxylic acids is 1. The summed E-state index contributed by atoms with van der Waals surface area (Å²) in [5.41, 5.74) is 0.951. The van der Waals surface area contributed by atoms with Crippen LogP contribution >= 0.6 is 11.8 Å². The number of nitrogens with one attached hydrogen (secondary N) is 1. The number of amides is 3. The summed E-state index contributed by atoms with van der Waals surface area (Å²) in [6.45, 7) is 0.254. The summed E-state index contributed by atoms with van der Waals surface area (Å²) in [5, 5.41) is 11.1. The molecule has 1 unspecified atom stereocenters. The molecule has 112 valence electrons. The quantitative estimate of drug-likeness (QED) is 0.733. The van der Waals surface area contributed by atoms with Crippen molar-refractivity contribution in [1.29, 1.82) is 0 Å². The number of carboxylic acid groups (broad SMARTS) is 1. The molecule has 3 amide bonds. The Morgan fingerprint density at radius 1 is 1.33 bits per heavy atom. The van der Waals surface area contributed by atoms with Gasteiger partial charge in [-0.3, -0.25) is 14.5 Å². The van der Waals surface area contributed by atoms with Crippen molar-refractivity contribution in [3.8, 4) is 0 Å². The fourth-order valence-corrected chi connectivity index (χ4v) is 3.04. The first-order chi connectivity index (χ1) is 10.1. The van der Waals surface area contributed by atoms with Crippen LogP contribution in [-0.2, 0) is 16.0 Å². The van der Waals surface area contributed by atoms with Crippen molar-refractivity contribution in [1.82, 2.24) is 10.2 Å². The van der Waals surface area contributed by atoms with Gasteiger partial charge in [0.25, 0.3) is 0 Å². The lowest BCUT2D eigenvalue weighted by atomic mass is 10.1. The minimum Gasteiger partial charge on any atom is -0.480 e. The first kappa shape index (κ1) is 15.4. The smallest absolute Gasteiger partial charge is 0.324 e. The molecule has 0 bridgehead atoms. The molecule has 2 N–H and O–H groups in total. The number of nitrogens with zero attached hydrogens (tertiary/aromatic N) is 1. The number of carbonyl (C=O) groups excluding carboxylic acids is 2. The van der Waals surface area contributed by atoms with Crippen molar-refractivity contribution in [2.45, 2.75) is 11.7 Å². The lowest BCUT2D eigenvalue weighted by Gasteiger charge is -2.15. The number of hydrogen-bond acceptors (Lipinski definition) is 4. The predicted octanol–water partition coefficient (Wildman–Crippen LogP) is 0.967. The Hall–Kier alpha value is -2.02. The highest BCUT2D eigenvalue weighted by Gasteiger charge is 2.28. The van der Waals surface area contributed by atoms with Gasteiger partial charge in [0.1, 0.15) is 5.25 Å². The Labute approximate surface area is 126 Å². The highest BCUT2D eigenvalue weighted by Crippen LogP contribution is 2.17. The van der Waals surface area contributed by atoms with E-state index in [1.54, 1.807) is 0 Å². The minimum atomic E-state index is -0.888. The summed E-state index contributed by atoms with van der Waals surface area (Å²) in [7, 11) is 0. The maximum atomic E-state index is 11.4. The molecule has 1 heterocycles. The Morgan fingerprint density at radius 3 is 2.62 bits per heavy atom. The third kappa shape index (κ3) is 4.22. The van der Waals surface area contributed by atoms with Crippen LogP contribution in [0.3, 0.4) is 0 Å². The van der Waals surface area contributed by atoms with E-state index in [0.717, 1.165) is 10.5 Å². The van der Waals surface area contributed by atoms with Crippen LogP contribution in [-0.4, -0.2) is 52.0 Å². The number of carboxylic acids is 1. The molecule has 0 aliphatic carbocycles. The summed E-state index contributed by atoms with van der Waals surface area (Å²) < 4.78 is 0. The minimum absolute atomic E-state index is 0.0237. The van der Waals surface area contributed by atoms with Gasteiger partial charge in [0.05, 0.1) is 6.54 Å². The number of carbonyl (C=O) groups is 3. The molecule has 7 heteroatoms. The average molecular weight is 308 g/mol. The summed E-state index contributed by atoms with van der Waals surface area (Å²) >= 11 is 1.24. The van der Waals surface area contributed by atoms with Gasteiger partial charge in [-0.2, -0.15) is 0 Å². The molecule has 6 nitrogen and oxygen atoms in total. The molecule has 1 aliphatic heterocycles. The molecule has 0 aromatic heterocycles. The second-order valence-electron chi connectivity index (χ2n) is 4.59. The SMILES string of the molecule is O=C(O)C(Cc1ccccc1)SCCN1C(=O)CNC1=O. The summed E-state index contributed by atoms with van der Waals surface area (Å²) in [5.74, 6) is -0.750. The zero-order valence-electron chi connectivity index (χ0n) is 11.3. The molecule has 0 saturated carbocycles. The highest BCUT2D eigenvalue weighted by atomic mass is 32.2. The first-order valence-corrected chi connectivity index (χ1v) is 7.59. The monoisotopic (exact) mass is 308 g/mol. The van der Waals surface area contributed by atoms with Gasteiger partial charge in [0, 0.05) is 12.3 Å². The molecular formula is C14H16N2O4S. The molecular weight excluding hydrogens is 292 g/mol. The van der Waals surface area contributed by atoms with E-state index in [0.29, 0.717) is 12.2 Å². The van der Waals surface area contributed by atoms with E-state index in [1.165, 1.54) is 11.8 Å². The zero-order valence-corrected chi connectivity index (χ0v) is 12.1. The van der Waals surface area contributed by atoms with Gasteiger partial charge >= 0.3 is 12.0 Å². The van der Waals surface area contributed by atoms with Crippen LogP contribution in [0.15, 0.2) is 30.3 Å². The van der Waals surface area contributed by atoms with E-state index >= 15 is 0 Å². The van der Waals surface area contributed by atoms with Crippen molar-refractivity contribution in [2.75, 3.05) is 18.8 Å². The standard InChI is InChI=1S/C14H16N2O4S/c17-12-9-15-14(20)16(12)6-7-21-11(13(18)19)8-10-4-2-1-3-5-10/h1-5,11H,6-9H2,(H,15,20)(H,18,19). The van der Waals surface area contributed by atoms with Gasteiger partial charge in [-0.15, -0.1) is 11.8 Å². The maximum Gasteiger partial charge on any atom is 0.324 e. The van der Waals surface area contributed by atoms with Crippen molar-refractivity contribution < 1.29 is 19.5 Å². The van der Waals surface area contributed by atoms with Gasteiger partial charge in [0.2, 0.25) is 5.91 Å². The summed E-state index contributed by atoms with van der Waals surface area (Å²) in [6.07, 6.45) is 0.418. The molecule has 1 fully saturated rings. The van der Waals surface area contributed by atoms with Gasteiger partial charge < -0.3 is 10.4 Å². The molecule has 1 saturated heterocycles. The second kappa shape index (κ2) is 7.12. The number of rotatable bonds is 7. The van der Waals surface area contributed by atoms with Crippen LogP contribution in [0, 0.1) is 0 Å². The van der Waals surface area contributed by atoms with E-state index in [-0.39, 0.29) is 19.0 Å². The molecule has 21 heavy (non-hydrogen) atoms. The van der Waals surface area contributed by atoms with Crippen LogP contribution in [0.25, 0.3) is 0 Å². The summed E-state index contributed by atoms with van der Waals surface area (Å²) in [4.78, 5) is 35.2. The fourth-order valence-electron chi connectivity index (χ4n) is 2.01. The summed E-state index contributed by atoms with van der Waals surface area (Å²) in [6, 6.07) is 8.97. The van der Waals surface area contributed by atoms with Crippen LogP contribution in [0.2, 0.25) is 0 Å². The van der Waals surface area contributed by atoms with Crippen LogP contribution in [0.5, 0.6) is 0 Å². The molecule has 1 aliphatic rings. The molecule has 1 aromatic rings. The van der Waals surface area contributed by atoms with E-state index in [9.17, 15) is 19.5 Å². The largest absolute Gasteiger partial charge is 0.480 e. The number of thioether (sulfide) groups is 1. The molecule has 0 spiro atoms. The Morgan fingerprint density at radius 2 is 2.05 bits per heavy atom. The van der Waals surface area contributed by atoms with Crippen molar-refractivity contribution in [3.63, 3.8) is 0 Å². The van der Waals surface area contributed by atoms with Gasteiger partial charge in [-0.25, -0.2) is 4.79 Å². The van der Waals surface area contributed by atoms with E-state index in [2.05, 4.69) is 5.32 Å². The molecule has 0 radical (unpaired) electrons. The molecule has 1 atom stereocenters. The van der Waals surface area contributed by atoms with Crippen LogP contribution in [0.1, 0.15) is 5.56 Å². The lowest BCUT2D eigenvalue weighted by molar-refractivity contribution is -0.136. The fraction of sp³-hybridized carbons (Fsp3) is 0.357. The van der Waals surface area contributed by atoms with Gasteiger partial charge in [-0.05, 0) is 12.0 Å². The number of hydrogen-bond donors (Lipinski definition) is 2.